The van der Waals surface area contributed by atoms with Crippen LogP contribution in [-0.2, 0) is 10.2 Å². The Labute approximate surface area is 124 Å². The van der Waals surface area contributed by atoms with Gasteiger partial charge in [-0.1, -0.05) is 12.1 Å². The SMILES string of the molecule is Cc1ncnc(C)c1-c1ccc2c(c1)N(C)C(=O)C2(C)C. The number of hydrogen-bond donors (Lipinski definition) is 0. The lowest BCUT2D eigenvalue weighted by atomic mass is 9.85. The third-order valence-electron chi connectivity index (χ3n) is 4.39. The van der Waals surface area contributed by atoms with Gasteiger partial charge in [-0.15, -0.1) is 0 Å². The van der Waals surface area contributed by atoms with Crippen LogP contribution in [0.5, 0.6) is 0 Å². The first-order valence-corrected chi connectivity index (χ1v) is 7.05. The van der Waals surface area contributed by atoms with E-state index in [9.17, 15) is 4.79 Å². The van der Waals surface area contributed by atoms with Crippen molar-refractivity contribution in [2.24, 2.45) is 0 Å². The van der Waals surface area contributed by atoms with Crippen molar-refractivity contribution in [3.8, 4) is 11.1 Å². The van der Waals surface area contributed by atoms with Gasteiger partial charge in [-0.3, -0.25) is 4.79 Å². The van der Waals surface area contributed by atoms with E-state index in [1.54, 1.807) is 11.2 Å². The first kappa shape index (κ1) is 13.7. The van der Waals surface area contributed by atoms with Crippen LogP contribution < -0.4 is 4.90 Å². The second-order valence-corrected chi connectivity index (χ2v) is 6.14. The molecule has 1 amide bonds. The molecule has 2 heterocycles. The van der Waals surface area contributed by atoms with E-state index >= 15 is 0 Å². The second kappa shape index (κ2) is 4.38. The summed E-state index contributed by atoms with van der Waals surface area (Å²) >= 11 is 0. The molecule has 0 atom stereocenters. The average molecular weight is 281 g/mol. The summed E-state index contributed by atoms with van der Waals surface area (Å²) in [6.45, 7) is 7.91. The molecule has 0 bridgehead atoms. The summed E-state index contributed by atoms with van der Waals surface area (Å²) in [6.07, 6.45) is 1.58. The molecule has 0 saturated heterocycles. The largest absolute Gasteiger partial charge is 0.314 e. The minimum atomic E-state index is -0.458. The lowest BCUT2D eigenvalue weighted by Crippen LogP contribution is -2.33. The monoisotopic (exact) mass is 281 g/mol. The van der Waals surface area contributed by atoms with Gasteiger partial charge < -0.3 is 4.90 Å². The number of carbonyl (C=O) groups is 1. The summed E-state index contributed by atoms with van der Waals surface area (Å²) in [5.41, 5.74) is 5.60. The van der Waals surface area contributed by atoms with E-state index in [1.165, 1.54) is 0 Å². The Hall–Kier alpha value is -2.23. The van der Waals surface area contributed by atoms with E-state index in [2.05, 4.69) is 28.2 Å². The topological polar surface area (TPSA) is 46.1 Å². The van der Waals surface area contributed by atoms with Crippen molar-refractivity contribution >= 4 is 11.6 Å². The maximum Gasteiger partial charge on any atom is 0.236 e. The predicted molar refractivity (Wildman–Crippen MR) is 83.4 cm³/mol. The van der Waals surface area contributed by atoms with Gasteiger partial charge in [0, 0.05) is 29.7 Å². The Kier molecular flexibility index (Phi) is 2.87. The molecule has 2 aromatic rings. The Morgan fingerprint density at radius 2 is 1.71 bits per heavy atom. The molecule has 108 valence electrons. The van der Waals surface area contributed by atoms with Gasteiger partial charge in [0.05, 0.1) is 5.41 Å². The normalized spacial score (nSPS) is 16.2. The van der Waals surface area contributed by atoms with Crippen LogP contribution in [0.2, 0.25) is 0 Å². The number of hydrogen-bond acceptors (Lipinski definition) is 3. The van der Waals surface area contributed by atoms with Gasteiger partial charge in [-0.25, -0.2) is 9.97 Å². The second-order valence-electron chi connectivity index (χ2n) is 6.14. The molecule has 4 heteroatoms. The lowest BCUT2D eigenvalue weighted by molar-refractivity contribution is -0.121. The van der Waals surface area contributed by atoms with Crippen molar-refractivity contribution < 1.29 is 4.79 Å². The van der Waals surface area contributed by atoms with Crippen molar-refractivity contribution in [3.05, 3.63) is 41.5 Å². The maximum absolute atomic E-state index is 12.4. The van der Waals surface area contributed by atoms with Crippen molar-refractivity contribution in [1.82, 2.24) is 9.97 Å². The number of likely N-dealkylation sites (N-methyl/N-ethyl adjacent to an activating group) is 1. The summed E-state index contributed by atoms with van der Waals surface area (Å²) < 4.78 is 0. The van der Waals surface area contributed by atoms with Crippen molar-refractivity contribution in [3.63, 3.8) is 0 Å². The molecular weight excluding hydrogens is 262 g/mol. The molecule has 4 nitrogen and oxygen atoms in total. The zero-order valence-corrected chi connectivity index (χ0v) is 13.1. The van der Waals surface area contributed by atoms with E-state index in [0.29, 0.717) is 0 Å². The molecule has 0 saturated carbocycles. The van der Waals surface area contributed by atoms with Crippen LogP contribution in [0, 0.1) is 13.8 Å². The fraction of sp³-hybridized carbons (Fsp3) is 0.353. The van der Waals surface area contributed by atoms with E-state index in [0.717, 1.165) is 33.8 Å². The quantitative estimate of drug-likeness (QED) is 0.807. The van der Waals surface area contributed by atoms with Crippen molar-refractivity contribution in [2.75, 3.05) is 11.9 Å². The summed E-state index contributed by atoms with van der Waals surface area (Å²) in [7, 11) is 1.83. The van der Waals surface area contributed by atoms with Crippen molar-refractivity contribution in [1.29, 1.82) is 0 Å². The van der Waals surface area contributed by atoms with Gasteiger partial charge >= 0.3 is 0 Å². The third-order valence-corrected chi connectivity index (χ3v) is 4.39. The Morgan fingerprint density at radius 1 is 1.10 bits per heavy atom. The van der Waals surface area contributed by atoms with E-state index < -0.39 is 5.41 Å². The first-order valence-electron chi connectivity index (χ1n) is 7.05. The lowest BCUT2D eigenvalue weighted by Gasteiger charge is -2.16. The fourth-order valence-electron chi connectivity index (χ4n) is 3.15. The number of aromatic nitrogens is 2. The van der Waals surface area contributed by atoms with Gasteiger partial charge in [-0.2, -0.15) is 0 Å². The van der Waals surface area contributed by atoms with Crippen LogP contribution in [0.25, 0.3) is 11.1 Å². The highest BCUT2D eigenvalue weighted by molar-refractivity contribution is 6.07. The number of nitrogens with zero attached hydrogens (tertiary/aromatic N) is 3. The first-order chi connectivity index (χ1) is 9.84. The zero-order chi connectivity index (χ0) is 15.4. The summed E-state index contributed by atoms with van der Waals surface area (Å²) in [4.78, 5) is 22.7. The van der Waals surface area contributed by atoms with Crippen LogP contribution in [0.15, 0.2) is 24.5 Å². The molecule has 21 heavy (non-hydrogen) atoms. The molecule has 1 aliphatic rings. The van der Waals surface area contributed by atoms with Crippen molar-refractivity contribution in [2.45, 2.75) is 33.1 Å². The number of amides is 1. The van der Waals surface area contributed by atoms with Gasteiger partial charge in [-0.05, 0) is 44.9 Å². The average Bonchev–Trinajstić information content (AvgIpc) is 2.60. The van der Waals surface area contributed by atoms with Crippen LogP contribution >= 0.6 is 0 Å². The number of anilines is 1. The van der Waals surface area contributed by atoms with Crippen LogP contribution in [0.3, 0.4) is 0 Å². The molecule has 0 unspecified atom stereocenters. The highest BCUT2D eigenvalue weighted by Gasteiger charge is 2.42. The molecule has 1 aliphatic heterocycles. The smallest absolute Gasteiger partial charge is 0.236 e. The number of aryl methyl sites for hydroxylation is 2. The molecule has 0 aliphatic carbocycles. The van der Waals surface area contributed by atoms with E-state index in [-0.39, 0.29) is 5.91 Å². The molecule has 1 aromatic heterocycles. The van der Waals surface area contributed by atoms with Crippen LogP contribution in [0.4, 0.5) is 5.69 Å². The molecule has 0 N–H and O–H groups in total. The zero-order valence-electron chi connectivity index (χ0n) is 13.1. The molecular formula is C17H19N3O. The molecule has 0 spiro atoms. The number of rotatable bonds is 1. The number of fused-ring (bicyclic) bond motifs is 1. The molecule has 0 fully saturated rings. The highest BCUT2D eigenvalue weighted by Crippen LogP contribution is 2.42. The highest BCUT2D eigenvalue weighted by atomic mass is 16.2. The minimum absolute atomic E-state index is 0.132. The van der Waals surface area contributed by atoms with Gasteiger partial charge in [0.25, 0.3) is 0 Å². The Balaban J connectivity index is 2.21. The number of benzene rings is 1. The number of carbonyl (C=O) groups excluding carboxylic acids is 1. The van der Waals surface area contributed by atoms with Gasteiger partial charge in [0.15, 0.2) is 0 Å². The summed E-state index contributed by atoms with van der Waals surface area (Å²) in [5, 5.41) is 0. The molecule has 0 radical (unpaired) electrons. The summed E-state index contributed by atoms with van der Waals surface area (Å²) in [6, 6.07) is 6.18. The Morgan fingerprint density at radius 3 is 2.33 bits per heavy atom. The maximum atomic E-state index is 12.4. The van der Waals surface area contributed by atoms with Crippen LogP contribution in [0.1, 0.15) is 30.8 Å². The van der Waals surface area contributed by atoms with Crippen LogP contribution in [-0.4, -0.2) is 22.9 Å². The fourth-order valence-corrected chi connectivity index (χ4v) is 3.15. The van der Waals surface area contributed by atoms with Gasteiger partial charge in [0.1, 0.15) is 6.33 Å². The standard InChI is InChI=1S/C17H19N3O/c1-10-15(11(2)19-9-18-10)12-6-7-13-14(8-12)20(5)16(21)17(13,3)4/h6-9H,1-5H3. The van der Waals surface area contributed by atoms with E-state index in [4.69, 9.17) is 0 Å². The summed E-state index contributed by atoms with van der Waals surface area (Å²) in [5.74, 6) is 0.132. The minimum Gasteiger partial charge on any atom is -0.314 e. The van der Waals surface area contributed by atoms with E-state index in [1.807, 2.05) is 34.7 Å². The van der Waals surface area contributed by atoms with Gasteiger partial charge in [0.2, 0.25) is 5.91 Å². The molecule has 1 aromatic carbocycles. The molecule has 3 rings (SSSR count). The predicted octanol–water partition coefficient (Wildman–Crippen LogP) is 3.01. The Bertz CT molecular complexity index is 729. The third kappa shape index (κ3) is 1.86.